The van der Waals surface area contributed by atoms with E-state index in [4.69, 9.17) is 5.73 Å². The molecule has 0 amide bonds. The first kappa shape index (κ1) is 17.0. The lowest BCUT2D eigenvalue weighted by Gasteiger charge is -2.08. The maximum atomic E-state index is 12.8. The molecule has 128 valence electrons. The van der Waals surface area contributed by atoms with E-state index < -0.39 is 4.92 Å². The maximum absolute atomic E-state index is 12.8. The van der Waals surface area contributed by atoms with Gasteiger partial charge in [-0.25, -0.2) is 4.98 Å². The van der Waals surface area contributed by atoms with Crippen molar-refractivity contribution >= 4 is 38.7 Å². The van der Waals surface area contributed by atoms with Crippen LogP contribution in [0.25, 0.3) is 10.2 Å². The van der Waals surface area contributed by atoms with Crippen LogP contribution in [0.1, 0.15) is 39.0 Å². The molecule has 0 aliphatic rings. The van der Waals surface area contributed by atoms with E-state index in [1.165, 1.54) is 35.6 Å². The Hall–Kier alpha value is -2.80. The Kier molecular flexibility index (Phi) is 4.26. The molecule has 0 saturated carbocycles. The molecule has 0 aliphatic heterocycles. The molecule has 0 atom stereocenters. The Balaban J connectivity index is 2.12. The quantitative estimate of drug-likeness (QED) is 0.429. The number of carbonyl (C=O) groups is 1. The summed E-state index contributed by atoms with van der Waals surface area (Å²) in [5, 5.41) is 11.6. The van der Waals surface area contributed by atoms with Crippen LogP contribution in [0.3, 0.4) is 0 Å². The van der Waals surface area contributed by atoms with Gasteiger partial charge in [-0.2, -0.15) is 0 Å². The first-order valence-corrected chi connectivity index (χ1v) is 8.64. The van der Waals surface area contributed by atoms with Crippen LogP contribution in [0.5, 0.6) is 0 Å². The average molecular weight is 355 g/mol. The van der Waals surface area contributed by atoms with Crippen molar-refractivity contribution in [2.24, 2.45) is 0 Å². The number of rotatable bonds is 4. The van der Waals surface area contributed by atoms with Gasteiger partial charge in [-0.3, -0.25) is 14.9 Å². The lowest BCUT2D eigenvalue weighted by Crippen LogP contribution is -2.03. The number of ketones is 1. The molecule has 25 heavy (non-hydrogen) atoms. The number of hydrogen-bond acceptors (Lipinski definition) is 6. The number of aryl methyl sites for hydroxylation is 2. The van der Waals surface area contributed by atoms with Crippen molar-refractivity contribution in [1.82, 2.24) is 4.98 Å². The molecule has 1 aromatic carbocycles. The maximum Gasteiger partial charge on any atom is 0.269 e. The van der Waals surface area contributed by atoms with Gasteiger partial charge < -0.3 is 5.73 Å². The predicted molar refractivity (Wildman–Crippen MR) is 99.4 cm³/mol. The molecule has 0 radical (unpaired) electrons. The van der Waals surface area contributed by atoms with Gasteiger partial charge in [-0.15, -0.1) is 11.3 Å². The first-order chi connectivity index (χ1) is 11.8. The van der Waals surface area contributed by atoms with Gasteiger partial charge in [0.1, 0.15) is 9.71 Å². The molecular weight excluding hydrogens is 338 g/mol. The summed E-state index contributed by atoms with van der Waals surface area (Å²) in [6.07, 6.45) is 0.849. The summed E-state index contributed by atoms with van der Waals surface area (Å²) in [6, 6.07) is 5.54. The zero-order valence-electron chi connectivity index (χ0n) is 14.1. The van der Waals surface area contributed by atoms with E-state index in [9.17, 15) is 14.9 Å². The Morgan fingerprint density at radius 3 is 2.48 bits per heavy atom. The van der Waals surface area contributed by atoms with Gasteiger partial charge in [0.05, 0.1) is 10.6 Å². The lowest BCUT2D eigenvalue weighted by atomic mass is 10.0. The Labute approximate surface area is 148 Å². The van der Waals surface area contributed by atoms with Gasteiger partial charge in [-0.05, 0) is 43.5 Å². The van der Waals surface area contributed by atoms with E-state index in [0.29, 0.717) is 16.1 Å². The third kappa shape index (κ3) is 2.76. The van der Waals surface area contributed by atoms with Crippen molar-refractivity contribution < 1.29 is 9.72 Å². The van der Waals surface area contributed by atoms with Crippen molar-refractivity contribution in [2.45, 2.75) is 27.2 Å². The van der Waals surface area contributed by atoms with E-state index in [2.05, 4.69) is 11.9 Å². The fourth-order valence-corrected chi connectivity index (χ4v) is 4.23. The van der Waals surface area contributed by atoms with E-state index in [1.54, 1.807) is 0 Å². The van der Waals surface area contributed by atoms with Crippen molar-refractivity contribution in [2.75, 3.05) is 5.73 Å². The van der Waals surface area contributed by atoms with Gasteiger partial charge in [0, 0.05) is 28.8 Å². The average Bonchev–Trinajstić information content (AvgIpc) is 2.91. The number of aromatic nitrogens is 1. The van der Waals surface area contributed by atoms with Crippen LogP contribution in [0.2, 0.25) is 0 Å². The number of nitrogen functional groups attached to an aromatic ring is 1. The number of non-ortho nitro benzene ring substituents is 1. The monoisotopic (exact) mass is 355 g/mol. The molecular formula is C18H17N3O3S. The standard InChI is InChI=1S/C18H17N3O3S/c1-4-13-9(2)14-15(19)17(25-18(14)20-10(13)3)16(22)11-5-7-12(8-6-11)21(23)24/h5-8H,4,19H2,1-3H3. The van der Waals surface area contributed by atoms with Crippen LogP contribution in [-0.4, -0.2) is 15.7 Å². The molecule has 6 nitrogen and oxygen atoms in total. The fourth-order valence-electron chi connectivity index (χ4n) is 3.07. The molecule has 0 unspecified atom stereocenters. The fraction of sp³-hybridized carbons (Fsp3) is 0.222. The summed E-state index contributed by atoms with van der Waals surface area (Å²) in [4.78, 5) is 28.8. The van der Waals surface area contributed by atoms with Crippen LogP contribution in [0, 0.1) is 24.0 Å². The molecule has 0 spiro atoms. The van der Waals surface area contributed by atoms with Gasteiger partial charge in [-0.1, -0.05) is 6.92 Å². The summed E-state index contributed by atoms with van der Waals surface area (Å²) in [7, 11) is 0. The highest BCUT2D eigenvalue weighted by molar-refractivity contribution is 7.21. The van der Waals surface area contributed by atoms with Crippen molar-refractivity contribution in [3.63, 3.8) is 0 Å². The summed E-state index contributed by atoms with van der Waals surface area (Å²) in [5.74, 6) is -0.245. The van der Waals surface area contributed by atoms with E-state index in [0.717, 1.165) is 33.5 Å². The number of nitrogens with zero attached hydrogens (tertiary/aromatic N) is 2. The third-order valence-corrected chi connectivity index (χ3v) is 5.46. The molecule has 7 heteroatoms. The second-order valence-electron chi connectivity index (χ2n) is 5.81. The topological polar surface area (TPSA) is 99.1 Å². The third-order valence-electron chi connectivity index (χ3n) is 4.36. The second kappa shape index (κ2) is 6.25. The largest absolute Gasteiger partial charge is 0.397 e. The van der Waals surface area contributed by atoms with Crippen molar-refractivity contribution in [1.29, 1.82) is 0 Å². The Morgan fingerprint density at radius 1 is 1.28 bits per heavy atom. The molecule has 0 saturated heterocycles. The summed E-state index contributed by atoms with van der Waals surface area (Å²) in [5.41, 5.74) is 10.2. The summed E-state index contributed by atoms with van der Waals surface area (Å²) < 4.78 is 0. The molecule has 3 rings (SSSR count). The molecule has 0 fully saturated rings. The van der Waals surface area contributed by atoms with Gasteiger partial charge in [0.2, 0.25) is 5.78 Å². The normalized spacial score (nSPS) is 11.0. The first-order valence-electron chi connectivity index (χ1n) is 7.82. The minimum Gasteiger partial charge on any atom is -0.397 e. The van der Waals surface area contributed by atoms with Gasteiger partial charge >= 0.3 is 0 Å². The van der Waals surface area contributed by atoms with Gasteiger partial charge in [0.25, 0.3) is 5.69 Å². The number of benzene rings is 1. The summed E-state index contributed by atoms with van der Waals surface area (Å²) in [6.45, 7) is 6.02. The highest BCUT2D eigenvalue weighted by Gasteiger charge is 2.22. The van der Waals surface area contributed by atoms with Crippen LogP contribution in [0.4, 0.5) is 11.4 Å². The SMILES string of the molecule is CCc1c(C)nc2sc(C(=O)c3ccc([N+](=O)[O-])cc3)c(N)c2c1C. The molecule has 3 aromatic rings. The van der Waals surface area contributed by atoms with Crippen LogP contribution < -0.4 is 5.73 Å². The predicted octanol–water partition coefficient (Wildman–Crippen LogP) is 4.20. The van der Waals surface area contributed by atoms with E-state index in [1.807, 2.05) is 13.8 Å². The Bertz CT molecular complexity index is 1010. The smallest absolute Gasteiger partial charge is 0.269 e. The minimum atomic E-state index is -0.496. The number of thiophene rings is 1. The number of pyridine rings is 1. The highest BCUT2D eigenvalue weighted by Crippen LogP contribution is 2.38. The zero-order chi connectivity index (χ0) is 18.3. The van der Waals surface area contributed by atoms with E-state index >= 15 is 0 Å². The molecule has 0 aliphatic carbocycles. The van der Waals surface area contributed by atoms with Crippen molar-refractivity contribution in [3.05, 3.63) is 61.6 Å². The Morgan fingerprint density at radius 2 is 1.92 bits per heavy atom. The molecule has 2 heterocycles. The number of anilines is 1. The number of fused-ring (bicyclic) bond motifs is 1. The number of hydrogen-bond donors (Lipinski definition) is 1. The minimum absolute atomic E-state index is 0.0541. The molecule has 2 N–H and O–H groups in total. The second-order valence-corrected chi connectivity index (χ2v) is 6.81. The summed E-state index contributed by atoms with van der Waals surface area (Å²) >= 11 is 1.27. The number of nitro benzene ring substituents is 1. The highest BCUT2D eigenvalue weighted by atomic mass is 32.1. The van der Waals surface area contributed by atoms with Crippen LogP contribution in [-0.2, 0) is 6.42 Å². The van der Waals surface area contributed by atoms with Crippen LogP contribution >= 0.6 is 11.3 Å². The lowest BCUT2D eigenvalue weighted by molar-refractivity contribution is -0.384. The van der Waals surface area contributed by atoms with Crippen molar-refractivity contribution in [3.8, 4) is 0 Å². The molecule has 2 aromatic heterocycles. The molecule has 0 bridgehead atoms. The zero-order valence-corrected chi connectivity index (χ0v) is 14.9. The number of carbonyl (C=O) groups excluding carboxylic acids is 1. The number of nitro groups is 1. The van der Waals surface area contributed by atoms with E-state index in [-0.39, 0.29) is 11.5 Å². The van der Waals surface area contributed by atoms with Gasteiger partial charge in [0.15, 0.2) is 0 Å². The van der Waals surface area contributed by atoms with Crippen LogP contribution in [0.15, 0.2) is 24.3 Å². The number of nitrogens with two attached hydrogens (primary N) is 1.